The molecule has 0 radical (unpaired) electrons. The minimum Gasteiger partial charge on any atom is -0.320 e. The summed E-state index contributed by atoms with van der Waals surface area (Å²) >= 11 is 5.96. The summed E-state index contributed by atoms with van der Waals surface area (Å²) in [6, 6.07) is 10.6. The van der Waals surface area contributed by atoms with E-state index >= 15 is 0 Å². The van der Waals surface area contributed by atoms with E-state index in [1.807, 2.05) is 11.5 Å². The van der Waals surface area contributed by atoms with Gasteiger partial charge in [-0.15, -0.1) is 11.6 Å². The van der Waals surface area contributed by atoms with Crippen LogP contribution in [-0.2, 0) is 5.88 Å². The predicted octanol–water partition coefficient (Wildman–Crippen LogP) is 4.66. The van der Waals surface area contributed by atoms with Gasteiger partial charge in [0.05, 0.1) is 23.0 Å². The van der Waals surface area contributed by atoms with E-state index in [9.17, 15) is 8.78 Å². The van der Waals surface area contributed by atoms with Gasteiger partial charge in [-0.3, -0.25) is 0 Å². The normalized spacial score (nSPS) is 12.8. The van der Waals surface area contributed by atoms with Crippen LogP contribution in [0.4, 0.5) is 8.78 Å². The van der Waals surface area contributed by atoms with Crippen molar-refractivity contribution in [2.24, 2.45) is 0 Å². The monoisotopic (exact) mass is 306 g/mol. The maximum Gasteiger partial charge on any atom is 0.125 e. The second-order valence-corrected chi connectivity index (χ2v) is 5.16. The fourth-order valence-electron chi connectivity index (χ4n) is 2.53. The van der Waals surface area contributed by atoms with Gasteiger partial charge in [0, 0.05) is 0 Å². The van der Waals surface area contributed by atoms with Gasteiger partial charge in [0.15, 0.2) is 0 Å². The quantitative estimate of drug-likeness (QED) is 0.643. The number of aromatic nitrogens is 2. The molecule has 0 N–H and O–H groups in total. The first-order valence-corrected chi connectivity index (χ1v) is 7.11. The van der Waals surface area contributed by atoms with Gasteiger partial charge in [-0.2, -0.15) is 0 Å². The smallest absolute Gasteiger partial charge is 0.125 e. The Morgan fingerprint density at radius 1 is 1.10 bits per heavy atom. The lowest BCUT2D eigenvalue weighted by Gasteiger charge is -2.17. The summed E-state index contributed by atoms with van der Waals surface area (Å²) < 4.78 is 28.5. The molecule has 0 fully saturated rings. The van der Waals surface area contributed by atoms with Crippen LogP contribution in [0.15, 0.2) is 42.5 Å². The van der Waals surface area contributed by atoms with Crippen molar-refractivity contribution < 1.29 is 8.78 Å². The van der Waals surface area contributed by atoms with Crippen LogP contribution in [0.2, 0.25) is 0 Å². The van der Waals surface area contributed by atoms with E-state index in [1.54, 1.807) is 18.2 Å². The van der Waals surface area contributed by atoms with Crippen molar-refractivity contribution in [3.05, 3.63) is 65.5 Å². The van der Waals surface area contributed by atoms with E-state index in [2.05, 4.69) is 4.98 Å². The molecule has 1 atom stereocenters. The Bertz CT molecular complexity index is 781. The summed E-state index contributed by atoms with van der Waals surface area (Å²) in [5.74, 6) is 0.275. The van der Waals surface area contributed by atoms with Crippen molar-refractivity contribution in [1.29, 1.82) is 0 Å². The largest absolute Gasteiger partial charge is 0.320 e. The molecule has 0 saturated heterocycles. The first-order valence-electron chi connectivity index (χ1n) is 6.58. The molecule has 0 saturated carbocycles. The first-order chi connectivity index (χ1) is 10.1. The van der Waals surface area contributed by atoms with Gasteiger partial charge in [0.1, 0.15) is 17.5 Å². The Kier molecular flexibility index (Phi) is 3.64. The van der Waals surface area contributed by atoms with Crippen molar-refractivity contribution in [3.8, 4) is 0 Å². The molecule has 1 heterocycles. The molecule has 3 aromatic rings. The number of imidazole rings is 1. The van der Waals surface area contributed by atoms with Crippen LogP contribution >= 0.6 is 11.6 Å². The van der Waals surface area contributed by atoms with Gasteiger partial charge in [-0.25, -0.2) is 13.8 Å². The average molecular weight is 307 g/mol. The SMILES string of the molecule is CC(c1ccc(F)cc1)n1c(CCl)nc2ccc(F)cc21. The average Bonchev–Trinajstić information content (AvgIpc) is 2.85. The minimum atomic E-state index is -0.323. The highest BCUT2D eigenvalue weighted by Crippen LogP contribution is 2.27. The van der Waals surface area contributed by atoms with Gasteiger partial charge in [0.25, 0.3) is 0 Å². The molecule has 0 aliphatic rings. The summed E-state index contributed by atoms with van der Waals surface area (Å²) in [6.45, 7) is 1.95. The predicted molar refractivity (Wildman–Crippen MR) is 79.5 cm³/mol. The van der Waals surface area contributed by atoms with Crippen molar-refractivity contribution in [1.82, 2.24) is 9.55 Å². The zero-order valence-corrected chi connectivity index (χ0v) is 12.1. The van der Waals surface area contributed by atoms with Crippen LogP contribution in [0, 0.1) is 11.6 Å². The van der Waals surface area contributed by atoms with Crippen molar-refractivity contribution in [3.63, 3.8) is 0 Å². The molecule has 0 amide bonds. The molecule has 0 spiro atoms. The third kappa shape index (κ3) is 2.51. The third-order valence-electron chi connectivity index (χ3n) is 3.58. The molecule has 3 rings (SSSR count). The van der Waals surface area contributed by atoms with Crippen LogP contribution in [0.1, 0.15) is 24.4 Å². The number of rotatable bonds is 3. The zero-order valence-electron chi connectivity index (χ0n) is 11.4. The van der Waals surface area contributed by atoms with E-state index in [-0.39, 0.29) is 23.6 Å². The van der Waals surface area contributed by atoms with Crippen LogP contribution in [0.3, 0.4) is 0 Å². The lowest BCUT2D eigenvalue weighted by molar-refractivity contribution is 0.610. The Morgan fingerprint density at radius 3 is 2.43 bits per heavy atom. The third-order valence-corrected chi connectivity index (χ3v) is 3.82. The topological polar surface area (TPSA) is 17.8 Å². The summed E-state index contributed by atoms with van der Waals surface area (Å²) in [4.78, 5) is 4.43. The highest BCUT2D eigenvalue weighted by Gasteiger charge is 2.17. The van der Waals surface area contributed by atoms with Gasteiger partial charge in [0.2, 0.25) is 0 Å². The van der Waals surface area contributed by atoms with Crippen LogP contribution in [-0.4, -0.2) is 9.55 Å². The van der Waals surface area contributed by atoms with E-state index in [0.717, 1.165) is 5.56 Å². The fourth-order valence-corrected chi connectivity index (χ4v) is 2.72. The Balaban J connectivity index is 2.17. The van der Waals surface area contributed by atoms with Crippen LogP contribution in [0.25, 0.3) is 11.0 Å². The van der Waals surface area contributed by atoms with Crippen molar-refractivity contribution >= 4 is 22.6 Å². The highest BCUT2D eigenvalue weighted by molar-refractivity contribution is 6.16. The number of fused-ring (bicyclic) bond motifs is 1. The standard InChI is InChI=1S/C16H13ClF2N2/c1-10(11-2-4-12(18)5-3-11)21-15-8-13(19)6-7-14(15)20-16(21)9-17/h2-8,10H,9H2,1H3. The summed E-state index contributed by atoms with van der Waals surface area (Å²) in [7, 11) is 0. The van der Waals surface area contributed by atoms with Gasteiger partial charge < -0.3 is 4.57 Å². The Morgan fingerprint density at radius 2 is 1.76 bits per heavy atom. The second-order valence-electron chi connectivity index (χ2n) is 4.89. The molecule has 0 aliphatic carbocycles. The number of benzene rings is 2. The molecular weight excluding hydrogens is 294 g/mol. The van der Waals surface area contributed by atoms with Gasteiger partial charge in [-0.05, 0) is 42.8 Å². The summed E-state index contributed by atoms with van der Waals surface area (Å²) in [5, 5.41) is 0. The summed E-state index contributed by atoms with van der Waals surface area (Å²) in [6.07, 6.45) is 0. The second kappa shape index (κ2) is 5.45. The molecular formula is C16H13ClF2N2. The van der Waals surface area contributed by atoms with Crippen LogP contribution in [0.5, 0.6) is 0 Å². The minimum absolute atomic E-state index is 0.119. The Hall–Kier alpha value is -1.94. The molecule has 2 aromatic carbocycles. The number of hydrogen-bond donors (Lipinski definition) is 0. The maximum atomic E-state index is 13.5. The molecule has 108 valence electrons. The number of hydrogen-bond acceptors (Lipinski definition) is 1. The number of nitrogens with zero attached hydrogens (tertiary/aromatic N) is 2. The molecule has 1 unspecified atom stereocenters. The first kappa shape index (κ1) is 14.0. The van der Waals surface area contributed by atoms with Crippen LogP contribution < -0.4 is 0 Å². The van der Waals surface area contributed by atoms with E-state index in [1.165, 1.54) is 24.3 Å². The zero-order chi connectivity index (χ0) is 15.0. The van der Waals surface area contributed by atoms with E-state index in [0.29, 0.717) is 16.9 Å². The van der Waals surface area contributed by atoms with Gasteiger partial charge in [-0.1, -0.05) is 12.1 Å². The molecule has 5 heteroatoms. The molecule has 0 bridgehead atoms. The van der Waals surface area contributed by atoms with E-state index < -0.39 is 0 Å². The van der Waals surface area contributed by atoms with E-state index in [4.69, 9.17) is 11.6 Å². The lowest BCUT2D eigenvalue weighted by Crippen LogP contribution is -2.10. The molecule has 2 nitrogen and oxygen atoms in total. The number of alkyl halides is 1. The molecule has 1 aromatic heterocycles. The summed E-state index contributed by atoms with van der Waals surface area (Å²) in [5.41, 5.74) is 2.29. The lowest BCUT2D eigenvalue weighted by atomic mass is 10.1. The highest BCUT2D eigenvalue weighted by atomic mass is 35.5. The maximum absolute atomic E-state index is 13.5. The van der Waals surface area contributed by atoms with Crippen molar-refractivity contribution in [2.45, 2.75) is 18.8 Å². The van der Waals surface area contributed by atoms with Crippen molar-refractivity contribution in [2.75, 3.05) is 0 Å². The Labute approximate surface area is 126 Å². The fraction of sp³-hybridized carbons (Fsp3) is 0.188. The number of halogens is 3. The van der Waals surface area contributed by atoms with Gasteiger partial charge >= 0.3 is 0 Å². The molecule has 21 heavy (non-hydrogen) atoms. The molecule has 0 aliphatic heterocycles.